The van der Waals surface area contributed by atoms with Crippen LogP contribution in [0.25, 0.3) is 10.9 Å². The summed E-state index contributed by atoms with van der Waals surface area (Å²) in [5.41, 5.74) is 3.66. The van der Waals surface area contributed by atoms with E-state index >= 15 is 0 Å². The number of benzene rings is 2. The summed E-state index contributed by atoms with van der Waals surface area (Å²) in [6, 6.07) is 13.8. The molecular formula is C16H11BrClN3. The second-order valence-corrected chi connectivity index (χ2v) is 6.10. The van der Waals surface area contributed by atoms with Gasteiger partial charge in [-0.25, -0.2) is 0 Å². The summed E-state index contributed by atoms with van der Waals surface area (Å²) in [4.78, 5) is 0. The molecule has 0 fully saturated rings. The summed E-state index contributed by atoms with van der Waals surface area (Å²) >= 11 is 9.66. The van der Waals surface area contributed by atoms with Crippen molar-refractivity contribution in [2.24, 2.45) is 0 Å². The largest absolute Gasteiger partial charge is 0.259 e. The molecule has 0 amide bonds. The van der Waals surface area contributed by atoms with Gasteiger partial charge in [-0.15, -0.1) is 0 Å². The highest BCUT2D eigenvalue weighted by Crippen LogP contribution is 2.27. The summed E-state index contributed by atoms with van der Waals surface area (Å²) in [7, 11) is 0. The van der Waals surface area contributed by atoms with E-state index in [-0.39, 0.29) is 0 Å². The lowest BCUT2D eigenvalue weighted by atomic mass is 10.0. The maximum Gasteiger partial charge on any atom is 0.158 e. The number of fused-ring (bicyclic) bond motifs is 1. The quantitative estimate of drug-likeness (QED) is 0.666. The average Bonchev–Trinajstić information content (AvgIpc) is 2.77. The van der Waals surface area contributed by atoms with Crippen LogP contribution in [0.4, 0.5) is 0 Å². The van der Waals surface area contributed by atoms with Crippen molar-refractivity contribution in [1.29, 1.82) is 5.26 Å². The Morgan fingerprint density at radius 1 is 1.33 bits per heavy atom. The zero-order valence-electron chi connectivity index (χ0n) is 11.3. The first kappa shape index (κ1) is 14.1. The highest BCUT2D eigenvalue weighted by Gasteiger charge is 2.12. The molecule has 3 aromatic rings. The number of aromatic nitrogens is 2. The van der Waals surface area contributed by atoms with E-state index in [0.717, 1.165) is 26.5 Å². The van der Waals surface area contributed by atoms with Crippen LogP contribution in [0.2, 0.25) is 5.15 Å². The van der Waals surface area contributed by atoms with Gasteiger partial charge in [-0.05, 0) is 42.3 Å². The van der Waals surface area contributed by atoms with E-state index in [1.807, 2.05) is 48.0 Å². The number of nitrogens with zero attached hydrogens (tertiary/aromatic N) is 3. The van der Waals surface area contributed by atoms with Crippen molar-refractivity contribution in [2.75, 3.05) is 0 Å². The minimum atomic E-state index is 0.476. The zero-order valence-corrected chi connectivity index (χ0v) is 13.6. The van der Waals surface area contributed by atoms with Gasteiger partial charge < -0.3 is 0 Å². The molecule has 0 N–H and O–H groups in total. The smallest absolute Gasteiger partial charge is 0.158 e. The van der Waals surface area contributed by atoms with Gasteiger partial charge in [0.2, 0.25) is 0 Å². The van der Waals surface area contributed by atoms with Crippen molar-refractivity contribution in [3.05, 3.63) is 62.7 Å². The molecule has 104 valence electrons. The van der Waals surface area contributed by atoms with Crippen LogP contribution in [-0.2, 0) is 6.54 Å². The van der Waals surface area contributed by atoms with Crippen LogP contribution in [0, 0.1) is 18.3 Å². The Morgan fingerprint density at radius 3 is 2.90 bits per heavy atom. The molecule has 0 aliphatic carbocycles. The first-order valence-corrected chi connectivity index (χ1v) is 7.57. The van der Waals surface area contributed by atoms with Crippen LogP contribution in [0.15, 0.2) is 40.9 Å². The highest BCUT2D eigenvalue weighted by atomic mass is 79.9. The second kappa shape index (κ2) is 5.51. The topological polar surface area (TPSA) is 41.6 Å². The highest BCUT2D eigenvalue weighted by molar-refractivity contribution is 9.10. The molecule has 3 rings (SSSR count). The molecule has 0 atom stereocenters. The van der Waals surface area contributed by atoms with Gasteiger partial charge >= 0.3 is 0 Å². The van der Waals surface area contributed by atoms with Crippen LogP contribution in [-0.4, -0.2) is 9.78 Å². The first-order chi connectivity index (χ1) is 10.1. The molecule has 2 aromatic carbocycles. The fraction of sp³-hybridized carbons (Fsp3) is 0.125. The second-order valence-electron chi connectivity index (χ2n) is 4.82. The summed E-state index contributed by atoms with van der Waals surface area (Å²) in [6.07, 6.45) is 0. The molecule has 0 aliphatic rings. The number of hydrogen-bond donors (Lipinski definition) is 0. The maximum absolute atomic E-state index is 9.27. The maximum atomic E-state index is 9.27. The molecule has 0 saturated carbocycles. The first-order valence-electron chi connectivity index (χ1n) is 6.40. The van der Waals surface area contributed by atoms with E-state index in [9.17, 15) is 5.26 Å². The standard InChI is InChI=1S/C16H11BrClN3/c1-10-3-2-4-11(8-19)14(10)9-21-15-7-12(17)5-6-13(15)16(18)20-21/h2-7H,9H2,1H3. The zero-order chi connectivity index (χ0) is 15.0. The molecule has 0 unspecified atom stereocenters. The van der Waals surface area contributed by atoms with Crippen LogP contribution < -0.4 is 0 Å². The van der Waals surface area contributed by atoms with E-state index in [4.69, 9.17) is 11.6 Å². The van der Waals surface area contributed by atoms with E-state index in [2.05, 4.69) is 27.1 Å². The molecule has 1 aromatic heterocycles. The molecule has 0 saturated heterocycles. The third kappa shape index (κ3) is 2.55. The Morgan fingerprint density at radius 2 is 2.14 bits per heavy atom. The van der Waals surface area contributed by atoms with Gasteiger partial charge in [0.05, 0.1) is 23.7 Å². The fourth-order valence-corrected chi connectivity index (χ4v) is 2.99. The van der Waals surface area contributed by atoms with Crippen molar-refractivity contribution in [3.63, 3.8) is 0 Å². The Hall–Kier alpha value is -1.83. The molecule has 0 spiro atoms. The number of nitriles is 1. The van der Waals surface area contributed by atoms with Gasteiger partial charge in [0, 0.05) is 9.86 Å². The van der Waals surface area contributed by atoms with Gasteiger partial charge in [-0.3, -0.25) is 4.68 Å². The number of rotatable bonds is 2. The lowest BCUT2D eigenvalue weighted by molar-refractivity contribution is 0.708. The predicted molar refractivity (Wildman–Crippen MR) is 87.4 cm³/mol. The van der Waals surface area contributed by atoms with Crippen molar-refractivity contribution in [1.82, 2.24) is 9.78 Å². The van der Waals surface area contributed by atoms with Gasteiger partial charge in [-0.1, -0.05) is 39.7 Å². The summed E-state index contributed by atoms with van der Waals surface area (Å²) in [5.74, 6) is 0. The summed E-state index contributed by atoms with van der Waals surface area (Å²) in [5, 5.41) is 15.1. The molecule has 0 radical (unpaired) electrons. The minimum absolute atomic E-state index is 0.476. The molecule has 3 nitrogen and oxygen atoms in total. The third-order valence-electron chi connectivity index (χ3n) is 3.51. The van der Waals surface area contributed by atoms with Crippen LogP contribution >= 0.6 is 27.5 Å². The van der Waals surface area contributed by atoms with Crippen molar-refractivity contribution in [2.45, 2.75) is 13.5 Å². The van der Waals surface area contributed by atoms with E-state index in [1.165, 1.54) is 0 Å². The number of halogens is 2. The normalized spacial score (nSPS) is 10.8. The monoisotopic (exact) mass is 359 g/mol. The van der Waals surface area contributed by atoms with E-state index in [1.54, 1.807) is 0 Å². The number of hydrogen-bond acceptors (Lipinski definition) is 2. The Kier molecular flexibility index (Phi) is 3.71. The molecule has 21 heavy (non-hydrogen) atoms. The Bertz CT molecular complexity index is 877. The van der Waals surface area contributed by atoms with Crippen molar-refractivity contribution < 1.29 is 0 Å². The SMILES string of the molecule is Cc1cccc(C#N)c1Cn1nc(Cl)c2ccc(Br)cc21. The Balaban J connectivity index is 2.16. The van der Waals surface area contributed by atoms with Gasteiger partial charge in [-0.2, -0.15) is 10.4 Å². The molecule has 5 heteroatoms. The third-order valence-corrected chi connectivity index (χ3v) is 4.28. The van der Waals surface area contributed by atoms with Crippen molar-refractivity contribution in [3.8, 4) is 6.07 Å². The summed E-state index contributed by atoms with van der Waals surface area (Å²) in [6.45, 7) is 2.52. The van der Waals surface area contributed by atoms with Crippen LogP contribution in [0.5, 0.6) is 0 Å². The van der Waals surface area contributed by atoms with E-state index in [0.29, 0.717) is 17.3 Å². The van der Waals surface area contributed by atoms with Crippen LogP contribution in [0.3, 0.4) is 0 Å². The van der Waals surface area contributed by atoms with E-state index < -0.39 is 0 Å². The number of aryl methyl sites for hydroxylation is 1. The average molecular weight is 361 g/mol. The predicted octanol–water partition coefficient (Wildman–Crippen LogP) is 4.68. The molecule has 0 bridgehead atoms. The fourth-order valence-electron chi connectivity index (χ4n) is 2.39. The molecular weight excluding hydrogens is 350 g/mol. The summed E-state index contributed by atoms with van der Waals surface area (Å²) < 4.78 is 2.81. The van der Waals surface area contributed by atoms with Gasteiger partial charge in [0.1, 0.15) is 0 Å². The minimum Gasteiger partial charge on any atom is -0.259 e. The van der Waals surface area contributed by atoms with Crippen molar-refractivity contribution >= 4 is 38.4 Å². The lowest BCUT2D eigenvalue weighted by Gasteiger charge is -2.09. The van der Waals surface area contributed by atoms with Crippen LogP contribution in [0.1, 0.15) is 16.7 Å². The lowest BCUT2D eigenvalue weighted by Crippen LogP contribution is -2.05. The molecule has 0 aliphatic heterocycles. The molecule has 1 heterocycles. The Labute approximate surface area is 135 Å². The van der Waals surface area contributed by atoms with Gasteiger partial charge in [0.25, 0.3) is 0 Å². The van der Waals surface area contributed by atoms with Gasteiger partial charge in [0.15, 0.2) is 5.15 Å².